The zero-order valence-electron chi connectivity index (χ0n) is 16.3. The van der Waals surface area contributed by atoms with E-state index in [1.54, 1.807) is 12.1 Å². The first kappa shape index (κ1) is 20.0. The van der Waals surface area contributed by atoms with Crippen molar-refractivity contribution in [2.24, 2.45) is 0 Å². The largest absolute Gasteiger partial charge is 0.379 e. The molecule has 0 radical (unpaired) electrons. The summed E-state index contributed by atoms with van der Waals surface area (Å²) in [6.07, 6.45) is 0.202. The molecule has 1 saturated heterocycles. The summed E-state index contributed by atoms with van der Waals surface area (Å²) < 4.78 is 34.6. The van der Waals surface area contributed by atoms with Gasteiger partial charge in [-0.3, -0.25) is 9.69 Å². The Morgan fingerprint density at radius 1 is 1.14 bits per heavy atom. The first-order chi connectivity index (χ1) is 13.9. The number of morpholine rings is 1. The molecule has 0 unspecified atom stereocenters. The van der Waals surface area contributed by atoms with Gasteiger partial charge >= 0.3 is 0 Å². The topological polar surface area (TPSA) is 87.7 Å². The molecule has 2 aromatic rings. The van der Waals surface area contributed by atoms with Gasteiger partial charge in [-0.25, -0.2) is 13.1 Å². The lowest BCUT2D eigenvalue weighted by Gasteiger charge is -2.31. The lowest BCUT2D eigenvalue weighted by atomic mass is 10.1. The summed E-state index contributed by atoms with van der Waals surface area (Å²) in [7, 11) is -3.75. The van der Waals surface area contributed by atoms with E-state index in [0.29, 0.717) is 31.0 Å². The average molecular weight is 416 g/mol. The van der Waals surface area contributed by atoms with Crippen LogP contribution in [-0.2, 0) is 26.0 Å². The van der Waals surface area contributed by atoms with Crippen molar-refractivity contribution in [2.45, 2.75) is 24.3 Å². The Bertz CT molecular complexity index is 999. The fourth-order valence-electron chi connectivity index (χ4n) is 3.68. The van der Waals surface area contributed by atoms with Crippen molar-refractivity contribution in [1.29, 1.82) is 0 Å². The number of hydrogen-bond donors (Lipinski definition) is 2. The first-order valence-corrected chi connectivity index (χ1v) is 11.2. The van der Waals surface area contributed by atoms with E-state index in [1.165, 1.54) is 6.07 Å². The second kappa shape index (κ2) is 8.23. The number of benzene rings is 2. The molecule has 0 spiro atoms. The van der Waals surface area contributed by atoms with Crippen LogP contribution in [0, 0.1) is 6.92 Å². The number of rotatable bonds is 6. The first-order valence-electron chi connectivity index (χ1n) is 9.72. The summed E-state index contributed by atoms with van der Waals surface area (Å²) in [5.74, 6) is -0.118. The van der Waals surface area contributed by atoms with Crippen LogP contribution in [0.3, 0.4) is 0 Å². The van der Waals surface area contributed by atoms with E-state index >= 15 is 0 Å². The van der Waals surface area contributed by atoms with E-state index in [-0.39, 0.29) is 23.3 Å². The van der Waals surface area contributed by atoms with Crippen molar-refractivity contribution in [3.05, 3.63) is 59.2 Å². The van der Waals surface area contributed by atoms with Gasteiger partial charge in [0.05, 0.1) is 30.6 Å². The number of fused-ring (bicyclic) bond motifs is 1. The predicted molar refractivity (Wildman–Crippen MR) is 110 cm³/mol. The lowest BCUT2D eigenvalue weighted by molar-refractivity contribution is -0.115. The molecule has 0 saturated carbocycles. The highest BCUT2D eigenvalue weighted by Crippen LogP contribution is 2.27. The second-order valence-electron chi connectivity index (χ2n) is 7.54. The van der Waals surface area contributed by atoms with Crippen LogP contribution in [0.15, 0.2) is 47.4 Å². The van der Waals surface area contributed by atoms with Crippen molar-refractivity contribution in [1.82, 2.24) is 9.62 Å². The quantitative estimate of drug-likeness (QED) is 0.752. The van der Waals surface area contributed by atoms with Crippen LogP contribution in [0.5, 0.6) is 0 Å². The van der Waals surface area contributed by atoms with Crippen molar-refractivity contribution in [3.8, 4) is 0 Å². The highest BCUT2D eigenvalue weighted by Gasteiger charge is 2.26. The zero-order valence-corrected chi connectivity index (χ0v) is 17.2. The minimum atomic E-state index is -3.75. The van der Waals surface area contributed by atoms with Gasteiger partial charge in [0.2, 0.25) is 15.9 Å². The normalized spacial score (nSPS) is 18.3. The molecular formula is C21H25N3O4S. The molecule has 2 aliphatic heterocycles. The summed E-state index contributed by atoms with van der Waals surface area (Å²) in [6, 6.07) is 12.3. The van der Waals surface area contributed by atoms with Gasteiger partial charge in [0, 0.05) is 25.3 Å². The van der Waals surface area contributed by atoms with Crippen LogP contribution < -0.4 is 10.0 Å². The third-order valence-electron chi connectivity index (χ3n) is 5.33. The molecule has 1 atom stereocenters. The molecule has 29 heavy (non-hydrogen) atoms. The van der Waals surface area contributed by atoms with Crippen molar-refractivity contribution in [2.75, 3.05) is 38.2 Å². The molecule has 154 valence electrons. The van der Waals surface area contributed by atoms with Gasteiger partial charge in [-0.05, 0) is 36.2 Å². The smallest absolute Gasteiger partial charge is 0.241 e. The lowest BCUT2D eigenvalue weighted by Crippen LogP contribution is -2.43. The molecular weight excluding hydrogens is 390 g/mol. The number of ether oxygens (including phenoxy) is 1. The van der Waals surface area contributed by atoms with Crippen molar-refractivity contribution < 1.29 is 17.9 Å². The van der Waals surface area contributed by atoms with Gasteiger partial charge in [0.15, 0.2) is 0 Å². The second-order valence-corrected chi connectivity index (χ2v) is 9.26. The number of amides is 1. The van der Waals surface area contributed by atoms with E-state index in [2.05, 4.69) is 14.9 Å². The number of carbonyl (C=O) groups excluding carboxylic acids is 1. The minimum Gasteiger partial charge on any atom is -0.379 e. The SMILES string of the molecule is Cc1ccc([C@@H](CN2CCOCC2)NS(=O)(=O)c2ccc3c(c2)CC(=O)N3)cc1. The standard InChI is InChI=1S/C21H25N3O4S/c1-15-2-4-16(5-3-15)20(14-24-8-10-28-11-9-24)23-29(26,27)18-6-7-19-17(12-18)13-21(25)22-19/h2-7,12,20,23H,8-11,13-14H2,1H3,(H,22,25)/t20-/m1/s1. The third-order valence-corrected chi connectivity index (χ3v) is 6.80. The fourth-order valence-corrected chi connectivity index (χ4v) is 4.95. The summed E-state index contributed by atoms with van der Waals surface area (Å²) in [5.41, 5.74) is 3.43. The van der Waals surface area contributed by atoms with E-state index in [0.717, 1.165) is 24.2 Å². The highest BCUT2D eigenvalue weighted by molar-refractivity contribution is 7.89. The maximum absolute atomic E-state index is 13.1. The molecule has 4 rings (SSSR count). The summed E-state index contributed by atoms with van der Waals surface area (Å²) >= 11 is 0. The van der Waals surface area contributed by atoms with E-state index in [4.69, 9.17) is 4.74 Å². The molecule has 2 N–H and O–H groups in total. The van der Waals surface area contributed by atoms with Gasteiger partial charge < -0.3 is 10.1 Å². The monoisotopic (exact) mass is 415 g/mol. The van der Waals surface area contributed by atoms with Crippen LogP contribution in [0.25, 0.3) is 0 Å². The van der Waals surface area contributed by atoms with E-state index in [1.807, 2.05) is 31.2 Å². The third kappa shape index (κ3) is 4.67. The molecule has 2 heterocycles. The number of carbonyl (C=O) groups is 1. The van der Waals surface area contributed by atoms with Gasteiger partial charge in [0.25, 0.3) is 0 Å². The van der Waals surface area contributed by atoms with Crippen LogP contribution in [-0.4, -0.2) is 52.1 Å². The Morgan fingerprint density at radius 3 is 2.59 bits per heavy atom. The molecule has 2 aliphatic rings. The van der Waals surface area contributed by atoms with Crippen molar-refractivity contribution in [3.63, 3.8) is 0 Å². The fraction of sp³-hybridized carbons (Fsp3) is 0.381. The molecule has 8 heteroatoms. The molecule has 0 aliphatic carbocycles. The van der Waals surface area contributed by atoms with E-state index < -0.39 is 10.0 Å². The summed E-state index contributed by atoms with van der Waals surface area (Å²) in [6.45, 7) is 5.42. The molecule has 1 fully saturated rings. The van der Waals surface area contributed by atoms with Crippen LogP contribution >= 0.6 is 0 Å². The van der Waals surface area contributed by atoms with Crippen LogP contribution in [0.2, 0.25) is 0 Å². The number of anilines is 1. The van der Waals surface area contributed by atoms with Gasteiger partial charge in [-0.2, -0.15) is 0 Å². The van der Waals surface area contributed by atoms with E-state index in [9.17, 15) is 13.2 Å². The Balaban J connectivity index is 1.59. The van der Waals surface area contributed by atoms with Gasteiger partial charge in [-0.15, -0.1) is 0 Å². The zero-order chi connectivity index (χ0) is 20.4. The number of aryl methyl sites for hydroxylation is 1. The van der Waals surface area contributed by atoms with Gasteiger partial charge in [0.1, 0.15) is 0 Å². The minimum absolute atomic E-state index is 0.118. The van der Waals surface area contributed by atoms with Crippen LogP contribution in [0.4, 0.5) is 5.69 Å². The molecule has 2 aromatic carbocycles. The van der Waals surface area contributed by atoms with Crippen molar-refractivity contribution >= 4 is 21.6 Å². The molecule has 0 aromatic heterocycles. The number of nitrogens with zero attached hydrogens (tertiary/aromatic N) is 1. The number of hydrogen-bond acceptors (Lipinski definition) is 5. The number of nitrogens with one attached hydrogen (secondary N) is 2. The highest BCUT2D eigenvalue weighted by atomic mass is 32.2. The maximum atomic E-state index is 13.1. The Hall–Kier alpha value is -2.26. The van der Waals surface area contributed by atoms with Crippen LogP contribution in [0.1, 0.15) is 22.7 Å². The average Bonchev–Trinajstić information content (AvgIpc) is 3.08. The van der Waals surface area contributed by atoms with Gasteiger partial charge in [-0.1, -0.05) is 29.8 Å². The summed E-state index contributed by atoms with van der Waals surface area (Å²) in [5, 5.41) is 2.73. The Labute approximate surface area is 171 Å². The molecule has 0 bridgehead atoms. The summed E-state index contributed by atoms with van der Waals surface area (Å²) in [4.78, 5) is 14.0. The molecule has 1 amide bonds. The number of sulfonamides is 1. The Kier molecular flexibility index (Phi) is 5.69. The Morgan fingerprint density at radius 2 is 1.86 bits per heavy atom. The molecule has 7 nitrogen and oxygen atoms in total. The maximum Gasteiger partial charge on any atom is 0.241 e. The predicted octanol–water partition coefficient (Wildman–Crippen LogP) is 1.84.